The maximum absolute atomic E-state index is 10.4. The normalized spacial score (nSPS) is 8.62. The van der Waals surface area contributed by atoms with Gasteiger partial charge in [-0.2, -0.15) is 0 Å². The monoisotopic (exact) mass is 175 g/mol. The summed E-state index contributed by atoms with van der Waals surface area (Å²) in [6.45, 7) is 0. The van der Waals surface area contributed by atoms with Crippen molar-refractivity contribution in [2.75, 3.05) is 0 Å². The summed E-state index contributed by atoms with van der Waals surface area (Å²) in [4.78, 5) is 24.4. The molecule has 0 unspecified atom stereocenters. The van der Waals surface area contributed by atoms with Crippen molar-refractivity contribution in [1.82, 2.24) is 4.98 Å². The van der Waals surface area contributed by atoms with Gasteiger partial charge in [0.1, 0.15) is 0 Å². The van der Waals surface area contributed by atoms with Gasteiger partial charge in [0, 0.05) is 12.4 Å². The molecule has 64 valence electrons. The molecule has 0 aliphatic heterocycles. The number of carboxylic acid groups (broad SMARTS) is 2. The van der Waals surface area contributed by atoms with Crippen molar-refractivity contribution in [2.45, 2.75) is 0 Å². The van der Waals surface area contributed by atoms with Crippen molar-refractivity contribution >= 4 is 30.8 Å². The van der Waals surface area contributed by atoms with E-state index < -0.39 is 11.9 Å². The van der Waals surface area contributed by atoms with Crippen molar-refractivity contribution in [3.05, 3.63) is 29.6 Å². The van der Waals surface area contributed by atoms with Crippen LogP contribution in [-0.2, 0) is 0 Å². The van der Waals surface area contributed by atoms with Crippen LogP contribution in [0, 0.1) is 0 Å². The molecule has 6 heteroatoms. The zero-order valence-corrected chi connectivity index (χ0v) is 5.89. The number of aromatic nitrogens is 1. The van der Waals surface area contributed by atoms with E-state index in [2.05, 4.69) is 4.98 Å². The third kappa shape index (κ3) is 2.58. The van der Waals surface area contributed by atoms with Crippen molar-refractivity contribution < 1.29 is 19.8 Å². The van der Waals surface area contributed by atoms with E-state index in [1.54, 1.807) is 0 Å². The Bertz CT molecular complexity index is 306. The van der Waals surface area contributed by atoms with Crippen molar-refractivity contribution in [1.29, 1.82) is 0 Å². The summed E-state index contributed by atoms with van der Waals surface area (Å²) in [5.74, 6) is -2.56. The predicted octanol–water partition coefficient (Wildman–Crippen LogP) is -0.171. The minimum atomic E-state index is -1.29. The molecule has 0 fully saturated rings. The molecule has 1 aromatic rings. The zero-order chi connectivity index (χ0) is 9.14. The summed E-state index contributed by atoms with van der Waals surface area (Å²) in [6.07, 6.45) is 2.24. The maximum atomic E-state index is 10.4. The Morgan fingerprint density at radius 1 is 1.15 bits per heavy atom. The molecule has 0 bridgehead atoms. The molecule has 0 saturated heterocycles. The fourth-order valence-electron chi connectivity index (χ4n) is 0.751. The molecule has 0 amide bonds. The van der Waals surface area contributed by atoms with E-state index in [0.29, 0.717) is 0 Å². The number of hydrogen-bond acceptors (Lipinski definition) is 3. The standard InChI is InChI=1S/C7H5NO4.Li.H/c9-6(10)4-1-2-8-3-5(4)7(11)12;;/h1-3H,(H,9,10)(H,11,12);;. The first-order valence-electron chi connectivity index (χ1n) is 3.03. The van der Waals surface area contributed by atoms with Crippen LogP contribution in [0.1, 0.15) is 20.7 Å². The summed E-state index contributed by atoms with van der Waals surface area (Å²) < 4.78 is 0. The Morgan fingerprint density at radius 3 is 2.08 bits per heavy atom. The quantitative estimate of drug-likeness (QED) is 0.609. The average molecular weight is 175 g/mol. The molecule has 0 radical (unpaired) electrons. The molecule has 0 aromatic carbocycles. The Kier molecular flexibility index (Phi) is 4.18. The molecule has 0 saturated carbocycles. The van der Waals surface area contributed by atoms with Gasteiger partial charge < -0.3 is 10.2 Å². The number of carboxylic acids is 2. The minimum absolute atomic E-state index is 0. The third-order valence-corrected chi connectivity index (χ3v) is 1.28. The van der Waals surface area contributed by atoms with Gasteiger partial charge >= 0.3 is 30.8 Å². The molecule has 5 nitrogen and oxygen atoms in total. The number of hydrogen-bond donors (Lipinski definition) is 2. The predicted molar refractivity (Wildman–Crippen MR) is 45.3 cm³/mol. The molecule has 0 atom stereocenters. The molecular weight excluding hydrogens is 169 g/mol. The van der Waals surface area contributed by atoms with Gasteiger partial charge in [0.15, 0.2) is 0 Å². The van der Waals surface area contributed by atoms with Crippen molar-refractivity contribution in [2.24, 2.45) is 0 Å². The van der Waals surface area contributed by atoms with Crippen molar-refractivity contribution in [3.8, 4) is 0 Å². The molecular formula is C7H6LiNO4. The Hall–Kier alpha value is -1.31. The number of aromatic carboxylic acids is 2. The first kappa shape index (κ1) is 11.7. The Labute approximate surface area is 85.6 Å². The molecule has 0 aliphatic carbocycles. The second-order valence-electron chi connectivity index (χ2n) is 2.03. The summed E-state index contributed by atoms with van der Waals surface area (Å²) in [7, 11) is 0. The summed E-state index contributed by atoms with van der Waals surface area (Å²) in [5, 5.41) is 17.0. The zero-order valence-electron chi connectivity index (χ0n) is 5.89. The average Bonchev–Trinajstić information content (AvgIpc) is 2.04. The fraction of sp³-hybridized carbons (Fsp3) is 0. The van der Waals surface area contributed by atoms with E-state index in [9.17, 15) is 9.59 Å². The van der Waals surface area contributed by atoms with Crippen LogP contribution in [-0.4, -0.2) is 46.0 Å². The first-order chi connectivity index (χ1) is 5.63. The summed E-state index contributed by atoms with van der Waals surface area (Å²) >= 11 is 0. The number of rotatable bonds is 2. The molecule has 1 heterocycles. The second-order valence-corrected chi connectivity index (χ2v) is 2.03. The van der Waals surface area contributed by atoms with Gasteiger partial charge in [0.25, 0.3) is 0 Å². The van der Waals surface area contributed by atoms with Crippen LogP contribution in [0.5, 0.6) is 0 Å². The van der Waals surface area contributed by atoms with Gasteiger partial charge in [0.2, 0.25) is 0 Å². The van der Waals surface area contributed by atoms with Crippen LogP contribution >= 0.6 is 0 Å². The van der Waals surface area contributed by atoms with Crippen LogP contribution < -0.4 is 0 Å². The van der Waals surface area contributed by atoms with Crippen molar-refractivity contribution in [3.63, 3.8) is 0 Å². The van der Waals surface area contributed by atoms with Gasteiger partial charge in [-0.1, -0.05) is 0 Å². The molecule has 1 rings (SSSR count). The molecule has 13 heavy (non-hydrogen) atoms. The third-order valence-electron chi connectivity index (χ3n) is 1.28. The van der Waals surface area contributed by atoms with Crippen LogP contribution in [0.15, 0.2) is 18.5 Å². The second kappa shape index (κ2) is 4.65. The molecule has 0 spiro atoms. The van der Waals surface area contributed by atoms with Gasteiger partial charge in [-0.3, -0.25) is 4.98 Å². The van der Waals surface area contributed by atoms with Crippen LogP contribution in [0.4, 0.5) is 0 Å². The van der Waals surface area contributed by atoms with Gasteiger partial charge in [-0.25, -0.2) is 9.59 Å². The summed E-state index contributed by atoms with van der Waals surface area (Å²) in [6, 6.07) is 1.14. The molecule has 2 N–H and O–H groups in total. The number of pyridine rings is 1. The topological polar surface area (TPSA) is 87.5 Å². The first-order valence-corrected chi connectivity index (χ1v) is 3.03. The number of nitrogens with zero attached hydrogens (tertiary/aromatic N) is 1. The van der Waals surface area contributed by atoms with Gasteiger partial charge in [0.05, 0.1) is 11.1 Å². The van der Waals surface area contributed by atoms with E-state index >= 15 is 0 Å². The Balaban J connectivity index is 0.00000144. The number of carbonyl (C=O) groups is 2. The van der Waals surface area contributed by atoms with Gasteiger partial charge in [-0.15, -0.1) is 0 Å². The van der Waals surface area contributed by atoms with E-state index in [4.69, 9.17) is 10.2 Å². The molecule has 0 aliphatic rings. The van der Waals surface area contributed by atoms with E-state index in [-0.39, 0.29) is 30.0 Å². The molecule has 1 aromatic heterocycles. The van der Waals surface area contributed by atoms with Crippen LogP contribution in [0.3, 0.4) is 0 Å². The fourth-order valence-corrected chi connectivity index (χ4v) is 0.751. The van der Waals surface area contributed by atoms with Gasteiger partial charge in [-0.05, 0) is 6.07 Å². The summed E-state index contributed by atoms with van der Waals surface area (Å²) in [5.41, 5.74) is -0.553. The van der Waals surface area contributed by atoms with E-state index in [1.807, 2.05) is 0 Å². The van der Waals surface area contributed by atoms with E-state index in [1.165, 1.54) is 6.20 Å². The van der Waals surface area contributed by atoms with Crippen LogP contribution in [0.2, 0.25) is 0 Å². The van der Waals surface area contributed by atoms with E-state index in [0.717, 1.165) is 12.3 Å². The van der Waals surface area contributed by atoms with Crippen LogP contribution in [0.25, 0.3) is 0 Å². The SMILES string of the molecule is O=C(O)c1ccncc1C(=O)O.[LiH]. The Morgan fingerprint density at radius 2 is 1.69 bits per heavy atom.